The van der Waals surface area contributed by atoms with E-state index >= 15 is 0 Å². The summed E-state index contributed by atoms with van der Waals surface area (Å²) in [7, 11) is 0. The van der Waals surface area contributed by atoms with E-state index in [1.165, 1.54) is 36.8 Å². The standard InChI is InChI=1S/C19H31N/c1-5-15-7-8-18(13-15)19(20-6-2)17-11-9-16(10-12-17)14(3)4/h9-12,14-15,18-20H,5-8,13H2,1-4H3. The topological polar surface area (TPSA) is 12.0 Å². The van der Waals surface area contributed by atoms with Gasteiger partial charge >= 0.3 is 0 Å². The minimum absolute atomic E-state index is 0.553. The summed E-state index contributed by atoms with van der Waals surface area (Å²) in [5.74, 6) is 2.40. The summed E-state index contributed by atoms with van der Waals surface area (Å²) in [6, 6.07) is 9.88. The molecule has 1 saturated carbocycles. The van der Waals surface area contributed by atoms with E-state index in [-0.39, 0.29) is 0 Å². The van der Waals surface area contributed by atoms with Crippen molar-refractivity contribution in [2.45, 2.75) is 65.3 Å². The van der Waals surface area contributed by atoms with Crippen LogP contribution < -0.4 is 5.32 Å². The summed E-state index contributed by atoms with van der Waals surface area (Å²) in [6.45, 7) is 10.2. The fourth-order valence-corrected chi connectivity index (χ4v) is 3.65. The molecule has 1 N–H and O–H groups in total. The lowest BCUT2D eigenvalue weighted by atomic mass is 9.89. The highest BCUT2D eigenvalue weighted by Gasteiger charge is 2.30. The molecule has 1 fully saturated rings. The number of hydrogen-bond acceptors (Lipinski definition) is 1. The highest BCUT2D eigenvalue weighted by atomic mass is 14.9. The summed E-state index contributed by atoms with van der Waals surface area (Å²) in [5, 5.41) is 3.73. The van der Waals surface area contributed by atoms with Crippen LogP contribution in [0.15, 0.2) is 24.3 Å². The summed E-state index contributed by atoms with van der Waals surface area (Å²) < 4.78 is 0. The van der Waals surface area contributed by atoms with E-state index in [2.05, 4.69) is 57.3 Å². The molecular formula is C19H31N. The first-order valence-electron chi connectivity index (χ1n) is 8.48. The van der Waals surface area contributed by atoms with Crippen molar-refractivity contribution >= 4 is 0 Å². The Bertz CT molecular complexity index is 393. The van der Waals surface area contributed by atoms with Crippen molar-refractivity contribution in [3.8, 4) is 0 Å². The third-order valence-corrected chi connectivity index (χ3v) is 5.02. The Balaban J connectivity index is 2.11. The highest BCUT2D eigenvalue weighted by Crippen LogP contribution is 2.40. The summed E-state index contributed by atoms with van der Waals surface area (Å²) in [4.78, 5) is 0. The molecule has 0 bridgehead atoms. The van der Waals surface area contributed by atoms with Crippen LogP contribution in [0.4, 0.5) is 0 Å². The molecule has 1 heteroatoms. The molecule has 0 saturated heterocycles. The Kier molecular flexibility index (Phi) is 5.65. The average Bonchev–Trinajstić information content (AvgIpc) is 2.93. The van der Waals surface area contributed by atoms with E-state index in [4.69, 9.17) is 0 Å². The Morgan fingerprint density at radius 2 is 1.70 bits per heavy atom. The van der Waals surface area contributed by atoms with Crippen molar-refractivity contribution in [1.29, 1.82) is 0 Å². The van der Waals surface area contributed by atoms with E-state index in [1.807, 2.05) is 0 Å². The number of benzene rings is 1. The normalized spacial score (nSPS) is 24.2. The van der Waals surface area contributed by atoms with Gasteiger partial charge in [-0.05, 0) is 48.3 Å². The van der Waals surface area contributed by atoms with Crippen LogP contribution in [0.1, 0.15) is 76.5 Å². The summed E-state index contributed by atoms with van der Waals surface area (Å²) in [5.41, 5.74) is 2.93. The number of hydrogen-bond donors (Lipinski definition) is 1. The fourth-order valence-electron chi connectivity index (χ4n) is 3.65. The van der Waals surface area contributed by atoms with Crippen molar-refractivity contribution < 1.29 is 0 Å². The van der Waals surface area contributed by atoms with Gasteiger partial charge in [0.1, 0.15) is 0 Å². The highest BCUT2D eigenvalue weighted by molar-refractivity contribution is 5.27. The second-order valence-electron chi connectivity index (χ2n) is 6.70. The zero-order valence-corrected chi connectivity index (χ0v) is 13.7. The molecular weight excluding hydrogens is 242 g/mol. The van der Waals surface area contributed by atoms with E-state index in [0.717, 1.165) is 18.4 Å². The third-order valence-electron chi connectivity index (χ3n) is 5.02. The van der Waals surface area contributed by atoms with Gasteiger partial charge < -0.3 is 5.32 Å². The molecule has 0 aromatic heterocycles. The molecule has 1 nitrogen and oxygen atoms in total. The molecule has 112 valence electrons. The van der Waals surface area contributed by atoms with Gasteiger partial charge in [-0.3, -0.25) is 0 Å². The molecule has 1 aromatic carbocycles. The van der Waals surface area contributed by atoms with Crippen LogP contribution in [-0.4, -0.2) is 6.54 Å². The van der Waals surface area contributed by atoms with Gasteiger partial charge in [0.05, 0.1) is 0 Å². The number of rotatable bonds is 6. The molecule has 20 heavy (non-hydrogen) atoms. The van der Waals surface area contributed by atoms with Crippen LogP contribution in [0.3, 0.4) is 0 Å². The lowest BCUT2D eigenvalue weighted by Crippen LogP contribution is -2.27. The van der Waals surface area contributed by atoms with E-state index in [9.17, 15) is 0 Å². The Labute approximate surface area is 125 Å². The molecule has 0 aliphatic heterocycles. The first kappa shape index (κ1) is 15.6. The van der Waals surface area contributed by atoms with Crippen molar-refractivity contribution in [3.63, 3.8) is 0 Å². The Hall–Kier alpha value is -0.820. The largest absolute Gasteiger partial charge is 0.310 e. The van der Waals surface area contributed by atoms with E-state index < -0.39 is 0 Å². The van der Waals surface area contributed by atoms with Gasteiger partial charge in [-0.15, -0.1) is 0 Å². The summed E-state index contributed by atoms with van der Waals surface area (Å²) in [6.07, 6.45) is 5.57. The third kappa shape index (κ3) is 3.63. The van der Waals surface area contributed by atoms with Crippen molar-refractivity contribution in [3.05, 3.63) is 35.4 Å². The maximum atomic E-state index is 3.73. The van der Waals surface area contributed by atoms with Crippen LogP contribution in [-0.2, 0) is 0 Å². The second kappa shape index (κ2) is 7.26. The molecule has 2 rings (SSSR count). The van der Waals surface area contributed by atoms with Crippen LogP contribution in [0, 0.1) is 11.8 Å². The van der Waals surface area contributed by atoms with Gasteiger partial charge in [0, 0.05) is 6.04 Å². The van der Waals surface area contributed by atoms with Crippen LogP contribution in [0.2, 0.25) is 0 Å². The molecule has 0 radical (unpaired) electrons. The maximum absolute atomic E-state index is 3.73. The van der Waals surface area contributed by atoms with Crippen LogP contribution >= 0.6 is 0 Å². The van der Waals surface area contributed by atoms with Crippen molar-refractivity contribution in [2.75, 3.05) is 6.54 Å². The molecule has 0 spiro atoms. The van der Waals surface area contributed by atoms with Gasteiger partial charge in [-0.1, -0.05) is 64.8 Å². The zero-order valence-electron chi connectivity index (χ0n) is 13.7. The smallest absolute Gasteiger partial charge is 0.0348 e. The molecule has 1 aliphatic rings. The minimum atomic E-state index is 0.553. The second-order valence-corrected chi connectivity index (χ2v) is 6.70. The van der Waals surface area contributed by atoms with E-state index in [1.54, 1.807) is 0 Å². The maximum Gasteiger partial charge on any atom is 0.0348 e. The van der Waals surface area contributed by atoms with Crippen LogP contribution in [0.5, 0.6) is 0 Å². The summed E-state index contributed by atoms with van der Waals surface area (Å²) >= 11 is 0. The lowest BCUT2D eigenvalue weighted by Gasteiger charge is -2.25. The predicted molar refractivity (Wildman–Crippen MR) is 88.1 cm³/mol. The SMILES string of the molecule is CCNC(c1ccc(C(C)C)cc1)C1CCC(CC)C1. The first-order valence-corrected chi connectivity index (χ1v) is 8.48. The van der Waals surface area contributed by atoms with Gasteiger partial charge in [-0.2, -0.15) is 0 Å². The van der Waals surface area contributed by atoms with Crippen molar-refractivity contribution in [1.82, 2.24) is 5.32 Å². The monoisotopic (exact) mass is 273 g/mol. The quantitative estimate of drug-likeness (QED) is 0.743. The molecule has 3 unspecified atom stereocenters. The lowest BCUT2D eigenvalue weighted by molar-refractivity contribution is 0.359. The molecule has 0 amide bonds. The van der Waals surface area contributed by atoms with Crippen molar-refractivity contribution in [2.24, 2.45) is 11.8 Å². The van der Waals surface area contributed by atoms with Crippen LogP contribution in [0.25, 0.3) is 0 Å². The average molecular weight is 273 g/mol. The van der Waals surface area contributed by atoms with E-state index in [0.29, 0.717) is 12.0 Å². The minimum Gasteiger partial charge on any atom is -0.310 e. The van der Waals surface area contributed by atoms with Gasteiger partial charge in [-0.25, -0.2) is 0 Å². The molecule has 1 aromatic rings. The Morgan fingerprint density at radius 3 is 2.20 bits per heavy atom. The zero-order chi connectivity index (χ0) is 14.5. The molecule has 3 atom stereocenters. The molecule has 1 aliphatic carbocycles. The predicted octanol–water partition coefficient (Wildman–Crippen LogP) is 5.29. The van der Waals surface area contributed by atoms with Gasteiger partial charge in [0.25, 0.3) is 0 Å². The first-order chi connectivity index (χ1) is 9.65. The van der Waals surface area contributed by atoms with Gasteiger partial charge in [0.15, 0.2) is 0 Å². The number of nitrogens with one attached hydrogen (secondary N) is 1. The van der Waals surface area contributed by atoms with Gasteiger partial charge in [0.2, 0.25) is 0 Å². The fraction of sp³-hybridized carbons (Fsp3) is 0.684. The molecule has 0 heterocycles. The Morgan fingerprint density at radius 1 is 1.05 bits per heavy atom.